The van der Waals surface area contributed by atoms with Gasteiger partial charge in [-0.05, 0) is 23.7 Å². The SMILES string of the molecule is O=C(OCC#CC#CCOC(=O)Oc1c(F)cc(F)cc1F)Oc1c(F)cc(F)cc1F. The van der Waals surface area contributed by atoms with Crippen molar-refractivity contribution in [1.29, 1.82) is 0 Å². The van der Waals surface area contributed by atoms with Crippen molar-refractivity contribution in [1.82, 2.24) is 0 Å². The van der Waals surface area contributed by atoms with Gasteiger partial charge in [-0.2, -0.15) is 0 Å². The van der Waals surface area contributed by atoms with Gasteiger partial charge in [0.1, 0.15) is 11.6 Å². The van der Waals surface area contributed by atoms with Gasteiger partial charge in [0.25, 0.3) is 0 Å². The van der Waals surface area contributed by atoms with Crippen molar-refractivity contribution in [2.75, 3.05) is 13.2 Å². The van der Waals surface area contributed by atoms with Crippen LogP contribution in [0.15, 0.2) is 24.3 Å². The highest BCUT2D eigenvalue weighted by atomic mass is 19.2. The molecule has 0 atom stereocenters. The van der Waals surface area contributed by atoms with Crippen LogP contribution < -0.4 is 9.47 Å². The minimum absolute atomic E-state index is 0.297. The van der Waals surface area contributed by atoms with E-state index >= 15 is 0 Å². The Morgan fingerprint density at radius 3 is 1.25 bits per heavy atom. The Morgan fingerprint density at radius 1 is 0.625 bits per heavy atom. The number of carbonyl (C=O) groups is 2. The third-order valence-electron chi connectivity index (χ3n) is 3.06. The normalized spacial score (nSPS) is 9.56. The summed E-state index contributed by atoms with van der Waals surface area (Å²) in [5.41, 5.74) is 0. The molecule has 2 aromatic carbocycles. The number of hydrogen-bond acceptors (Lipinski definition) is 6. The molecule has 0 saturated carbocycles. The molecule has 0 aromatic heterocycles. The smallest absolute Gasteiger partial charge is 0.421 e. The first-order chi connectivity index (χ1) is 15.2. The van der Waals surface area contributed by atoms with Crippen LogP contribution in [0.3, 0.4) is 0 Å². The lowest BCUT2D eigenvalue weighted by Gasteiger charge is -2.05. The van der Waals surface area contributed by atoms with E-state index in [0.29, 0.717) is 24.3 Å². The first-order valence-corrected chi connectivity index (χ1v) is 8.11. The molecule has 166 valence electrons. The number of carbonyl (C=O) groups excluding carboxylic acids is 2. The molecular weight excluding hydrogens is 450 g/mol. The third-order valence-corrected chi connectivity index (χ3v) is 3.06. The molecule has 0 unspecified atom stereocenters. The minimum atomic E-state index is -1.52. The molecule has 0 amide bonds. The van der Waals surface area contributed by atoms with E-state index in [1.54, 1.807) is 0 Å². The highest BCUT2D eigenvalue weighted by Crippen LogP contribution is 2.24. The van der Waals surface area contributed by atoms with E-state index in [0.717, 1.165) is 0 Å². The maximum atomic E-state index is 13.3. The quantitative estimate of drug-likeness (QED) is 0.295. The molecule has 0 spiro atoms. The van der Waals surface area contributed by atoms with Crippen molar-refractivity contribution in [2.45, 2.75) is 0 Å². The van der Waals surface area contributed by atoms with Crippen molar-refractivity contribution in [3.05, 3.63) is 59.2 Å². The molecular formula is C20H8F6O6. The molecule has 0 bridgehead atoms. The van der Waals surface area contributed by atoms with Crippen LogP contribution in [0.4, 0.5) is 35.9 Å². The molecule has 12 heteroatoms. The van der Waals surface area contributed by atoms with Gasteiger partial charge in [-0.15, -0.1) is 0 Å². The van der Waals surface area contributed by atoms with E-state index in [1.807, 2.05) is 0 Å². The number of rotatable bonds is 4. The standard InChI is InChI=1S/C20H8F6O6/c21-11-7-13(23)17(14(24)8-11)31-19(27)29-5-3-1-2-4-6-30-20(28)32-18-15(25)9-12(22)10-16(18)26/h7-10H,5-6H2. The summed E-state index contributed by atoms with van der Waals surface area (Å²) in [6.07, 6.45) is -3.05. The van der Waals surface area contributed by atoms with Crippen molar-refractivity contribution in [2.24, 2.45) is 0 Å². The third kappa shape index (κ3) is 7.18. The summed E-state index contributed by atoms with van der Waals surface area (Å²) in [7, 11) is 0. The fraction of sp³-hybridized carbons (Fsp3) is 0.100. The van der Waals surface area contributed by atoms with Crippen molar-refractivity contribution < 1.29 is 54.9 Å². The average Bonchev–Trinajstić information content (AvgIpc) is 2.69. The van der Waals surface area contributed by atoms with E-state index in [4.69, 9.17) is 0 Å². The van der Waals surface area contributed by atoms with Crippen molar-refractivity contribution in [3.63, 3.8) is 0 Å². The lowest BCUT2D eigenvalue weighted by molar-refractivity contribution is 0.106. The van der Waals surface area contributed by atoms with Crippen LogP contribution in [-0.4, -0.2) is 25.5 Å². The Bertz CT molecular complexity index is 1020. The van der Waals surface area contributed by atoms with E-state index in [2.05, 4.69) is 42.6 Å². The molecule has 0 saturated heterocycles. The van der Waals surface area contributed by atoms with Crippen LogP contribution in [-0.2, 0) is 9.47 Å². The zero-order valence-corrected chi connectivity index (χ0v) is 15.4. The molecule has 32 heavy (non-hydrogen) atoms. The molecule has 0 N–H and O–H groups in total. The number of ether oxygens (including phenoxy) is 4. The second-order valence-corrected chi connectivity index (χ2v) is 5.28. The Balaban J connectivity index is 1.73. The van der Waals surface area contributed by atoms with Crippen LogP contribution in [0.25, 0.3) is 0 Å². The fourth-order valence-corrected chi connectivity index (χ4v) is 1.83. The van der Waals surface area contributed by atoms with E-state index in [9.17, 15) is 35.9 Å². The molecule has 0 fully saturated rings. The summed E-state index contributed by atoms with van der Waals surface area (Å²) in [4.78, 5) is 22.6. The first-order valence-electron chi connectivity index (χ1n) is 8.11. The number of halogens is 6. The molecule has 0 heterocycles. The Kier molecular flexibility index (Phi) is 8.36. The zero-order chi connectivity index (χ0) is 23.7. The van der Waals surface area contributed by atoms with Gasteiger partial charge in [-0.25, -0.2) is 35.9 Å². The van der Waals surface area contributed by atoms with Crippen LogP contribution in [0.2, 0.25) is 0 Å². The van der Waals surface area contributed by atoms with Gasteiger partial charge < -0.3 is 18.9 Å². The lowest BCUT2D eigenvalue weighted by Crippen LogP contribution is -2.13. The fourth-order valence-electron chi connectivity index (χ4n) is 1.83. The van der Waals surface area contributed by atoms with Gasteiger partial charge >= 0.3 is 12.3 Å². The second kappa shape index (κ2) is 11.2. The summed E-state index contributed by atoms with van der Waals surface area (Å²) < 4.78 is 96.0. The van der Waals surface area contributed by atoms with Crippen LogP contribution >= 0.6 is 0 Å². The summed E-state index contributed by atoms with van der Waals surface area (Å²) in [6.45, 7) is -1.21. The second-order valence-electron chi connectivity index (χ2n) is 5.28. The molecule has 2 rings (SSSR count). The van der Waals surface area contributed by atoms with Crippen LogP contribution in [0.1, 0.15) is 0 Å². The highest BCUT2D eigenvalue weighted by molar-refractivity contribution is 5.64. The molecule has 0 aliphatic heterocycles. The average molecular weight is 458 g/mol. The molecule has 6 nitrogen and oxygen atoms in total. The monoisotopic (exact) mass is 458 g/mol. The predicted molar refractivity (Wildman–Crippen MR) is 92.1 cm³/mol. The van der Waals surface area contributed by atoms with Crippen LogP contribution in [0.5, 0.6) is 11.5 Å². The van der Waals surface area contributed by atoms with Gasteiger partial charge in [0, 0.05) is 24.3 Å². The largest absolute Gasteiger partial charge is 0.515 e. The maximum Gasteiger partial charge on any atom is 0.515 e. The van der Waals surface area contributed by atoms with Gasteiger partial charge in [0.05, 0.1) is 0 Å². The Labute approximate surface area is 175 Å². The first kappa shape index (κ1) is 24.0. The summed E-state index contributed by atoms with van der Waals surface area (Å²) in [5, 5.41) is 0. The maximum absolute atomic E-state index is 13.3. The van der Waals surface area contributed by atoms with Crippen molar-refractivity contribution >= 4 is 12.3 Å². The molecule has 2 aromatic rings. The van der Waals surface area contributed by atoms with Gasteiger partial charge in [-0.3, -0.25) is 0 Å². The summed E-state index contributed by atoms with van der Waals surface area (Å²) in [5.74, 6) is -1.90. The topological polar surface area (TPSA) is 71.1 Å². The zero-order valence-electron chi connectivity index (χ0n) is 15.4. The van der Waals surface area contributed by atoms with E-state index < -0.39 is 71.9 Å². The van der Waals surface area contributed by atoms with Gasteiger partial charge in [0.2, 0.25) is 11.5 Å². The van der Waals surface area contributed by atoms with Gasteiger partial charge in [0.15, 0.2) is 36.5 Å². The van der Waals surface area contributed by atoms with Gasteiger partial charge in [-0.1, -0.05) is 0 Å². The Hall–Kier alpha value is -4.32. The predicted octanol–water partition coefficient (Wildman–Crippen LogP) is 4.26. The van der Waals surface area contributed by atoms with E-state index in [-0.39, 0.29) is 0 Å². The lowest BCUT2D eigenvalue weighted by atomic mass is 10.3. The van der Waals surface area contributed by atoms with Crippen molar-refractivity contribution in [3.8, 4) is 35.2 Å². The molecule has 0 aliphatic rings. The summed E-state index contributed by atoms with van der Waals surface area (Å²) in [6, 6.07) is 1.19. The summed E-state index contributed by atoms with van der Waals surface area (Å²) >= 11 is 0. The molecule has 0 aliphatic carbocycles. The van der Waals surface area contributed by atoms with Crippen LogP contribution in [0, 0.1) is 58.6 Å². The highest BCUT2D eigenvalue weighted by Gasteiger charge is 2.18. The van der Waals surface area contributed by atoms with E-state index in [1.165, 1.54) is 0 Å². The number of hydrogen-bond donors (Lipinski definition) is 0. The Morgan fingerprint density at radius 2 is 0.938 bits per heavy atom. The number of benzene rings is 2. The molecule has 0 radical (unpaired) electrons. The minimum Gasteiger partial charge on any atom is -0.421 e.